The fourth-order valence-corrected chi connectivity index (χ4v) is 3.92. The molecule has 2 aromatic rings. The highest BCUT2D eigenvalue weighted by molar-refractivity contribution is 5.81. The van der Waals surface area contributed by atoms with Crippen LogP contribution < -0.4 is 0 Å². The molecule has 2 heterocycles. The van der Waals surface area contributed by atoms with E-state index in [-0.39, 0.29) is 0 Å². The molecule has 3 rings (SSSR count). The van der Waals surface area contributed by atoms with Gasteiger partial charge in [-0.3, -0.25) is 19.2 Å². The van der Waals surface area contributed by atoms with Crippen LogP contribution in [-0.4, -0.2) is 59.5 Å². The fourth-order valence-electron chi connectivity index (χ4n) is 3.92. The largest absolute Gasteiger partial charge is 0.463 e. The lowest BCUT2D eigenvalue weighted by Crippen LogP contribution is -2.60. The van der Waals surface area contributed by atoms with E-state index in [9.17, 15) is 19.2 Å². The molecular formula is C23H27NO9. The van der Waals surface area contributed by atoms with Crippen molar-refractivity contribution < 1.29 is 48.3 Å². The SMILES string of the molecule is [2H]CC(=O)OC[C@H]1OC(n2c(C)cc3ccccc32)[C@H](OC(=O)C[2H])[C@@H](OC(=O)C[2H])[C@@H]1OC(=O)C[2H]. The average molecular weight is 465 g/mol. The molecule has 1 unspecified atom stereocenters. The van der Waals surface area contributed by atoms with Crippen LogP contribution in [0.1, 0.15) is 45.0 Å². The summed E-state index contributed by atoms with van der Waals surface area (Å²) in [6.45, 7) is -1.80. The number of carbonyl (C=O) groups is 4. The van der Waals surface area contributed by atoms with Crippen molar-refractivity contribution in [2.75, 3.05) is 6.61 Å². The number of fused-ring (bicyclic) bond motifs is 1. The highest BCUT2D eigenvalue weighted by Crippen LogP contribution is 2.37. The highest BCUT2D eigenvalue weighted by Gasteiger charge is 2.53. The van der Waals surface area contributed by atoms with Crippen LogP contribution in [0, 0.1) is 6.92 Å². The first-order valence-electron chi connectivity index (χ1n) is 12.7. The average Bonchev–Trinajstić information content (AvgIpc) is 3.24. The van der Waals surface area contributed by atoms with Gasteiger partial charge in [0.2, 0.25) is 0 Å². The molecule has 1 saturated heterocycles. The van der Waals surface area contributed by atoms with Crippen molar-refractivity contribution >= 4 is 34.8 Å². The second kappa shape index (κ2) is 10.0. The van der Waals surface area contributed by atoms with Crippen LogP contribution in [0.4, 0.5) is 0 Å². The molecule has 0 saturated carbocycles. The fraction of sp³-hybridized carbons (Fsp3) is 0.478. The normalized spacial score (nSPS) is 26.3. The first-order chi connectivity index (χ1) is 17.7. The summed E-state index contributed by atoms with van der Waals surface area (Å²) < 4.78 is 58.5. The van der Waals surface area contributed by atoms with Crippen molar-refractivity contribution in [1.82, 2.24) is 4.57 Å². The van der Waals surface area contributed by atoms with E-state index >= 15 is 0 Å². The second-order valence-corrected chi connectivity index (χ2v) is 7.33. The maximum Gasteiger partial charge on any atom is 0.303 e. The van der Waals surface area contributed by atoms with Gasteiger partial charge in [0.05, 0.1) is 5.52 Å². The molecular weight excluding hydrogens is 434 g/mol. The number of aryl methyl sites for hydroxylation is 1. The maximum atomic E-state index is 12.3. The van der Waals surface area contributed by atoms with Crippen molar-refractivity contribution in [2.45, 2.75) is 65.2 Å². The molecule has 0 N–H and O–H groups in total. The number of aromatic nitrogens is 1. The lowest BCUT2D eigenvalue weighted by molar-refractivity contribution is -0.268. The number of nitrogens with zero attached hydrogens (tertiary/aromatic N) is 1. The summed E-state index contributed by atoms with van der Waals surface area (Å²) in [6.07, 6.45) is -6.97. The van der Waals surface area contributed by atoms with Gasteiger partial charge in [0.15, 0.2) is 24.5 Å². The Labute approximate surface area is 196 Å². The Kier molecular flexibility index (Phi) is 5.81. The van der Waals surface area contributed by atoms with Gasteiger partial charge >= 0.3 is 23.9 Å². The van der Waals surface area contributed by atoms with Gasteiger partial charge in [-0.1, -0.05) is 18.2 Å². The van der Waals surface area contributed by atoms with Gasteiger partial charge < -0.3 is 28.3 Å². The predicted molar refractivity (Wildman–Crippen MR) is 114 cm³/mol. The summed E-state index contributed by atoms with van der Waals surface area (Å²) in [4.78, 5) is 48.4. The maximum absolute atomic E-state index is 12.3. The molecule has 0 amide bonds. The Hall–Kier alpha value is -3.40. The molecule has 0 spiro atoms. The Morgan fingerprint density at radius 3 is 2.18 bits per heavy atom. The number of benzene rings is 1. The highest BCUT2D eigenvalue weighted by atomic mass is 16.7. The smallest absolute Gasteiger partial charge is 0.303 e. The zero-order chi connectivity index (χ0) is 27.1. The Morgan fingerprint density at radius 2 is 1.52 bits per heavy atom. The van der Waals surface area contributed by atoms with Crippen LogP contribution >= 0.6 is 0 Å². The molecule has 1 aliphatic rings. The number of para-hydroxylation sites is 1. The zero-order valence-corrected chi connectivity index (χ0v) is 17.9. The zero-order valence-electron chi connectivity index (χ0n) is 21.9. The standard InChI is InChI=1S/C23H27NO9/c1-12-10-17-8-6-7-9-18(17)24(12)23-22(32-16(5)28)21(31-15(4)27)20(30-14(3)26)19(33-23)11-29-13(2)25/h6-10,19-23H,11H2,1-5H3/t19-,20-,21+,22-,23?/m1/s1/i2D,3D,4D,5D. The Morgan fingerprint density at radius 1 is 0.909 bits per heavy atom. The summed E-state index contributed by atoms with van der Waals surface area (Å²) >= 11 is 0. The lowest BCUT2D eigenvalue weighted by atomic mass is 9.96. The van der Waals surface area contributed by atoms with E-state index < -0.39 is 88.7 Å². The van der Waals surface area contributed by atoms with Crippen LogP contribution in [0.25, 0.3) is 10.9 Å². The van der Waals surface area contributed by atoms with Gasteiger partial charge in [-0.15, -0.1) is 0 Å². The molecule has 5 atom stereocenters. The van der Waals surface area contributed by atoms with Gasteiger partial charge in [-0.05, 0) is 24.4 Å². The Balaban J connectivity index is 2.16. The van der Waals surface area contributed by atoms with Crippen LogP contribution in [0.2, 0.25) is 0 Å². The molecule has 178 valence electrons. The van der Waals surface area contributed by atoms with E-state index in [1.807, 2.05) is 18.2 Å². The minimum atomic E-state index is -1.54. The van der Waals surface area contributed by atoms with E-state index in [2.05, 4.69) is 0 Å². The minimum absolute atomic E-state index is 0.517. The predicted octanol–water partition coefficient (Wildman–Crippen LogP) is 2.21. The molecule has 1 aromatic carbocycles. The number of hydrogen-bond donors (Lipinski definition) is 0. The van der Waals surface area contributed by atoms with Gasteiger partial charge in [0.1, 0.15) is 12.7 Å². The molecule has 1 aromatic heterocycles. The minimum Gasteiger partial charge on any atom is -0.463 e. The van der Waals surface area contributed by atoms with Crippen molar-refractivity contribution in [1.29, 1.82) is 0 Å². The van der Waals surface area contributed by atoms with E-state index in [1.165, 1.54) is 0 Å². The van der Waals surface area contributed by atoms with Crippen LogP contribution in [0.3, 0.4) is 0 Å². The molecule has 1 fully saturated rings. The molecule has 0 radical (unpaired) electrons. The van der Waals surface area contributed by atoms with Gasteiger partial charge in [0.25, 0.3) is 0 Å². The number of hydrogen-bond acceptors (Lipinski definition) is 9. The van der Waals surface area contributed by atoms with Crippen LogP contribution in [0.15, 0.2) is 30.3 Å². The van der Waals surface area contributed by atoms with Crippen molar-refractivity contribution in [2.24, 2.45) is 0 Å². The summed E-state index contributed by atoms with van der Waals surface area (Å²) in [7, 11) is 0. The number of ether oxygens (including phenoxy) is 5. The monoisotopic (exact) mass is 465 g/mol. The number of esters is 4. The molecule has 10 nitrogen and oxygen atoms in total. The molecule has 10 heteroatoms. The van der Waals surface area contributed by atoms with E-state index in [4.69, 9.17) is 29.2 Å². The number of rotatable bonds is 6. The van der Waals surface area contributed by atoms with Crippen LogP contribution in [0.5, 0.6) is 0 Å². The first-order valence-corrected chi connectivity index (χ1v) is 9.87. The molecule has 1 aliphatic heterocycles. The third kappa shape index (κ3) is 5.51. The van der Waals surface area contributed by atoms with E-state index in [0.717, 1.165) is 5.39 Å². The third-order valence-electron chi connectivity index (χ3n) is 5.02. The quantitative estimate of drug-likeness (QED) is 0.467. The summed E-state index contributed by atoms with van der Waals surface area (Å²) in [5, 5.41) is 0.814. The van der Waals surface area contributed by atoms with Crippen LogP contribution in [-0.2, 0) is 42.9 Å². The molecule has 33 heavy (non-hydrogen) atoms. The topological polar surface area (TPSA) is 119 Å². The van der Waals surface area contributed by atoms with Gasteiger partial charge in [-0.25, -0.2) is 0 Å². The number of carbonyl (C=O) groups excluding carboxylic acids is 4. The molecule has 0 bridgehead atoms. The van der Waals surface area contributed by atoms with E-state index in [1.54, 1.807) is 23.6 Å². The Bertz CT molecular complexity index is 1140. The van der Waals surface area contributed by atoms with Crippen molar-refractivity contribution in [3.63, 3.8) is 0 Å². The molecule has 0 aliphatic carbocycles. The van der Waals surface area contributed by atoms with Gasteiger partial charge in [0, 0.05) is 38.8 Å². The van der Waals surface area contributed by atoms with E-state index in [0.29, 0.717) is 11.2 Å². The van der Waals surface area contributed by atoms with Crippen molar-refractivity contribution in [3.05, 3.63) is 36.0 Å². The van der Waals surface area contributed by atoms with Crippen molar-refractivity contribution in [3.8, 4) is 0 Å². The lowest BCUT2D eigenvalue weighted by Gasteiger charge is -2.45. The first kappa shape index (κ1) is 19.1. The third-order valence-corrected chi connectivity index (χ3v) is 5.02. The second-order valence-electron chi connectivity index (χ2n) is 7.33. The summed E-state index contributed by atoms with van der Waals surface area (Å²) in [6, 6.07) is 9.06. The summed E-state index contributed by atoms with van der Waals surface area (Å²) in [5.41, 5.74) is 1.32. The van der Waals surface area contributed by atoms with Gasteiger partial charge in [-0.2, -0.15) is 0 Å². The summed E-state index contributed by atoms with van der Waals surface area (Å²) in [5.74, 6) is -3.93.